The van der Waals surface area contributed by atoms with Gasteiger partial charge in [0.25, 0.3) is 0 Å². The molecule has 0 bridgehead atoms. The predicted molar refractivity (Wildman–Crippen MR) is 48.9 cm³/mol. The lowest BCUT2D eigenvalue weighted by atomic mass is 9.72. The van der Waals surface area contributed by atoms with Gasteiger partial charge in [0, 0.05) is 12.3 Å². The number of hydrogen-bond acceptors (Lipinski definition) is 1. The lowest BCUT2D eigenvalue weighted by Crippen LogP contribution is -2.27. The molecular formula is C11H18O. The average Bonchev–Trinajstić information content (AvgIpc) is 2.13. The van der Waals surface area contributed by atoms with Gasteiger partial charge in [-0.3, -0.25) is 4.79 Å². The maximum absolute atomic E-state index is 11.6. The molecule has 1 nitrogen and oxygen atoms in total. The quantitative estimate of drug-likeness (QED) is 0.547. The maximum Gasteiger partial charge on any atom is 0.136 e. The standard InChI is InChI=1S/C11H18O/c12-11-8-3-1-2-7-10(11)9-5-4-6-9/h9-10H,1-8H2. The first-order valence-electron chi connectivity index (χ1n) is 5.40. The molecule has 0 amide bonds. The number of carbonyl (C=O) groups excluding carboxylic acids is 1. The van der Waals surface area contributed by atoms with Crippen LogP contribution in [0.5, 0.6) is 0 Å². The van der Waals surface area contributed by atoms with Gasteiger partial charge in [-0.25, -0.2) is 0 Å². The molecule has 0 heterocycles. The molecule has 0 saturated heterocycles. The highest BCUT2D eigenvalue weighted by Gasteiger charge is 2.32. The second kappa shape index (κ2) is 3.59. The first kappa shape index (κ1) is 8.28. The van der Waals surface area contributed by atoms with Gasteiger partial charge in [0.1, 0.15) is 5.78 Å². The van der Waals surface area contributed by atoms with Crippen LogP contribution in [0.4, 0.5) is 0 Å². The zero-order valence-electron chi connectivity index (χ0n) is 7.72. The van der Waals surface area contributed by atoms with Gasteiger partial charge in [-0.2, -0.15) is 0 Å². The third kappa shape index (κ3) is 1.55. The van der Waals surface area contributed by atoms with Crippen molar-refractivity contribution in [2.75, 3.05) is 0 Å². The lowest BCUT2D eigenvalue weighted by molar-refractivity contribution is -0.125. The molecule has 1 heteroatoms. The van der Waals surface area contributed by atoms with E-state index in [2.05, 4.69) is 0 Å². The summed E-state index contributed by atoms with van der Waals surface area (Å²) in [7, 11) is 0. The van der Waals surface area contributed by atoms with Gasteiger partial charge in [-0.05, 0) is 31.6 Å². The van der Waals surface area contributed by atoms with Gasteiger partial charge < -0.3 is 0 Å². The Morgan fingerprint density at radius 3 is 2.42 bits per heavy atom. The van der Waals surface area contributed by atoms with Crippen LogP contribution in [0.1, 0.15) is 51.4 Å². The highest BCUT2D eigenvalue weighted by atomic mass is 16.1. The van der Waals surface area contributed by atoms with Crippen molar-refractivity contribution >= 4 is 5.78 Å². The van der Waals surface area contributed by atoms with Crippen molar-refractivity contribution < 1.29 is 4.79 Å². The van der Waals surface area contributed by atoms with Crippen molar-refractivity contribution in [2.24, 2.45) is 11.8 Å². The Kier molecular flexibility index (Phi) is 2.48. The monoisotopic (exact) mass is 166 g/mol. The van der Waals surface area contributed by atoms with Crippen molar-refractivity contribution in [1.82, 2.24) is 0 Å². The third-order valence-corrected chi connectivity index (χ3v) is 3.57. The zero-order valence-corrected chi connectivity index (χ0v) is 7.72. The predicted octanol–water partition coefficient (Wildman–Crippen LogP) is 2.94. The molecule has 0 spiro atoms. The summed E-state index contributed by atoms with van der Waals surface area (Å²) >= 11 is 0. The van der Waals surface area contributed by atoms with Crippen molar-refractivity contribution in [1.29, 1.82) is 0 Å². The van der Waals surface area contributed by atoms with Crippen molar-refractivity contribution in [2.45, 2.75) is 51.4 Å². The van der Waals surface area contributed by atoms with E-state index in [1.165, 1.54) is 38.5 Å². The second-order valence-electron chi connectivity index (χ2n) is 4.36. The highest BCUT2D eigenvalue weighted by Crippen LogP contribution is 2.38. The maximum atomic E-state index is 11.6. The molecule has 2 saturated carbocycles. The van der Waals surface area contributed by atoms with Crippen LogP contribution in [0.2, 0.25) is 0 Å². The minimum absolute atomic E-state index is 0.473. The number of rotatable bonds is 1. The van der Waals surface area contributed by atoms with Crippen molar-refractivity contribution in [3.05, 3.63) is 0 Å². The SMILES string of the molecule is O=C1CCCCCC1C1CCC1. The minimum Gasteiger partial charge on any atom is -0.299 e. The summed E-state index contributed by atoms with van der Waals surface area (Å²) in [5.41, 5.74) is 0. The minimum atomic E-state index is 0.473. The van der Waals surface area contributed by atoms with E-state index in [9.17, 15) is 4.79 Å². The van der Waals surface area contributed by atoms with Gasteiger partial charge in [0.2, 0.25) is 0 Å². The van der Waals surface area contributed by atoms with Crippen LogP contribution in [0.25, 0.3) is 0 Å². The summed E-state index contributed by atoms with van der Waals surface area (Å²) in [6.45, 7) is 0. The fraction of sp³-hybridized carbons (Fsp3) is 0.909. The number of ketones is 1. The topological polar surface area (TPSA) is 17.1 Å². The van der Waals surface area contributed by atoms with Crippen molar-refractivity contribution in [3.63, 3.8) is 0 Å². The number of Topliss-reactive ketones (excluding diaryl/α,β-unsaturated/α-hetero) is 1. The Labute approximate surface area is 74.5 Å². The summed E-state index contributed by atoms with van der Waals surface area (Å²) in [5, 5.41) is 0. The van der Waals surface area contributed by atoms with E-state index in [1.54, 1.807) is 0 Å². The fourth-order valence-corrected chi connectivity index (χ4v) is 2.53. The first-order valence-corrected chi connectivity index (χ1v) is 5.40. The van der Waals surface area contributed by atoms with E-state index in [0.717, 1.165) is 18.8 Å². The highest BCUT2D eigenvalue weighted by molar-refractivity contribution is 5.81. The fourth-order valence-electron chi connectivity index (χ4n) is 2.53. The summed E-state index contributed by atoms with van der Waals surface area (Å²) in [6.07, 6.45) is 9.84. The molecule has 0 aromatic heterocycles. The van der Waals surface area contributed by atoms with Gasteiger partial charge in [0.15, 0.2) is 0 Å². The summed E-state index contributed by atoms with van der Waals surface area (Å²) in [4.78, 5) is 11.6. The Balaban J connectivity index is 1.95. The van der Waals surface area contributed by atoms with Crippen molar-refractivity contribution in [3.8, 4) is 0 Å². The first-order chi connectivity index (χ1) is 5.88. The Hall–Kier alpha value is -0.330. The van der Waals surface area contributed by atoms with Gasteiger partial charge in [-0.15, -0.1) is 0 Å². The van der Waals surface area contributed by atoms with E-state index in [4.69, 9.17) is 0 Å². The molecule has 12 heavy (non-hydrogen) atoms. The van der Waals surface area contributed by atoms with Gasteiger partial charge >= 0.3 is 0 Å². The molecule has 0 aromatic rings. The van der Waals surface area contributed by atoms with Crippen LogP contribution >= 0.6 is 0 Å². The molecule has 0 aromatic carbocycles. The Bertz CT molecular complexity index is 170. The normalized spacial score (nSPS) is 32.7. The van der Waals surface area contributed by atoms with Crippen LogP contribution in [-0.4, -0.2) is 5.78 Å². The zero-order chi connectivity index (χ0) is 8.39. The summed E-state index contributed by atoms with van der Waals surface area (Å²) in [6, 6.07) is 0. The average molecular weight is 166 g/mol. The molecule has 68 valence electrons. The van der Waals surface area contributed by atoms with Gasteiger partial charge in [0.05, 0.1) is 0 Å². The largest absolute Gasteiger partial charge is 0.299 e. The lowest BCUT2D eigenvalue weighted by Gasteiger charge is -2.32. The molecule has 1 unspecified atom stereocenters. The third-order valence-electron chi connectivity index (χ3n) is 3.57. The van der Waals surface area contributed by atoms with Crippen LogP contribution < -0.4 is 0 Å². The van der Waals surface area contributed by atoms with Crippen LogP contribution in [0.15, 0.2) is 0 Å². The number of carbonyl (C=O) groups is 1. The van der Waals surface area contributed by atoms with Gasteiger partial charge in [-0.1, -0.05) is 19.3 Å². The van der Waals surface area contributed by atoms with E-state index in [1.807, 2.05) is 0 Å². The van der Waals surface area contributed by atoms with Crippen LogP contribution in [0.3, 0.4) is 0 Å². The van der Waals surface area contributed by atoms with E-state index < -0.39 is 0 Å². The molecule has 2 fully saturated rings. The van der Waals surface area contributed by atoms with E-state index >= 15 is 0 Å². The van der Waals surface area contributed by atoms with E-state index in [0.29, 0.717) is 11.7 Å². The summed E-state index contributed by atoms with van der Waals surface area (Å²) < 4.78 is 0. The molecule has 2 aliphatic rings. The second-order valence-corrected chi connectivity index (χ2v) is 4.36. The number of hydrogen-bond donors (Lipinski definition) is 0. The molecule has 2 aliphatic carbocycles. The van der Waals surface area contributed by atoms with E-state index in [-0.39, 0.29) is 0 Å². The smallest absolute Gasteiger partial charge is 0.136 e. The molecule has 0 aliphatic heterocycles. The molecular weight excluding hydrogens is 148 g/mol. The Morgan fingerprint density at radius 2 is 1.75 bits per heavy atom. The Morgan fingerprint density at radius 1 is 0.917 bits per heavy atom. The molecule has 1 atom stereocenters. The molecule has 0 N–H and O–H groups in total. The molecule has 2 rings (SSSR count). The molecule has 0 radical (unpaired) electrons. The summed E-state index contributed by atoms with van der Waals surface area (Å²) in [5.74, 6) is 1.84. The van der Waals surface area contributed by atoms with Crippen LogP contribution in [0, 0.1) is 11.8 Å². The van der Waals surface area contributed by atoms with Crippen LogP contribution in [-0.2, 0) is 4.79 Å².